The number of nitrogens with one attached hydrogen (secondary N) is 1. The highest BCUT2D eigenvalue weighted by molar-refractivity contribution is 5.95. The molecule has 3 aromatic rings. The zero-order valence-electron chi connectivity index (χ0n) is 14.4. The molecule has 0 saturated carbocycles. The van der Waals surface area contributed by atoms with Crippen molar-refractivity contribution >= 4 is 17.5 Å². The third-order valence-electron chi connectivity index (χ3n) is 4.67. The number of aromatic nitrogens is 3. The highest BCUT2D eigenvalue weighted by atomic mass is 16.2. The molecule has 0 bridgehead atoms. The molecule has 0 radical (unpaired) electrons. The van der Waals surface area contributed by atoms with E-state index in [4.69, 9.17) is 0 Å². The minimum absolute atomic E-state index is 0.0128. The van der Waals surface area contributed by atoms with Crippen LogP contribution in [0.2, 0.25) is 0 Å². The average Bonchev–Trinajstić information content (AvgIpc) is 3.02. The Morgan fingerprint density at radius 1 is 1.15 bits per heavy atom. The van der Waals surface area contributed by atoms with Gasteiger partial charge in [0.2, 0.25) is 5.91 Å². The van der Waals surface area contributed by atoms with Crippen molar-refractivity contribution in [1.29, 1.82) is 0 Å². The maximum Gasteiger partial charge on any atom is 0.254 e. The molecule has 7 heteroatoms. The second-order valence-electron chi connectivity index (χ2n) is 6.43. The van der Waals surface area contributed by atoms with Gasteiger partial charge in [-0.3, -0.25) is 14.0 Å². The third kappa shape index (κ3) is 2.92. The quantitative estimate of drug-likeness (QED) is 0.764. The van der Waals surface area contributed by atoms with E-state index < -0.39 is 0 Å². The summed E-state index contributed by atoms with van der Waals surface area (Å²) in [6.45, 7) is 2.86. The zero-order valence-corrected chi connectivity index (χ0v) is 14.4. The Morgan fingerprint density at radius 2 is 1.96 bits per heavy atom. The Hall–Kier alpha value is -3.22. The standard InChI is InChI=1S/C19H19N5O2/c1-13-12-20-17(25)9-11-23(13)19(26)15-7-5-14(6-8-15)18-22-21-16-4-2-3-10-24(16)18/h2-8,10,13H,9,11-12H2,1H3,(H,20,25)/t13-/m0/s1. The lowest BCUT2D eigenvalue weighted by Gasteiger charge is -2.26. The number of carbonyl (C=O) groups is 2. The number of benzene rings is 1. The normalized spacial score (nSPS) is 17.8. The number of pyridine rings is 1. The van der Waals surface area contributed by atoms with Crippen LogP contribution in [0.1, 0.15) is 23.7 Å². The molecule has 2 aromatic heterocycles. The van der Waals surface area contributed by atoms with E-state index in [0.29, 0.717) is 25.1 Å². The van der Waals surface area contributed by atoms with Crippen LogP contribution >= 0.6 is 0 Å². The predicted molar refractivity (Wildman–Crippen MR) is 96.5 cm³/mol. The number of hydrogen-bond acceptors (Lipinski definition) is 4. The van der Waals surface area contributed by atoms with E-state index in [1.807, 2.05) is 47.9 Å². The second-order valence-corrected chi connectivity index (χ2v) is 6.43. The van der Waals surface area contributed by atoms with E-state index in [9.17, 15) is 9.59 Å². The maximum atomic E-state index is 12.8. The monoisotopic (exact) mass is 349 g/mol. The van der Waals surface area contributed by atoms with Gasteiger partial charge in [0, 0.05) is 42.9 Å². The molecule has 1 aliphatic rings. The zero-order chi connectivity index (χ0) is 18.1. The van der Waals surface area contributed by atoms with Crippen molar-refractivity contribution < 1.29 is 9.59 Å². The Labute approximate surface area is 150 Å². The highest BCUT2D eigenvalue weighted by Crippen LogP contribution is 2.20. The summed E-state index contributed by atoms with van der Waals surface area (Å²) in [4.78, 5) is 26.1. The van der Waals surface area contributed by atoms with Gasteiger partial charge in [0.25, 0.3) is 5.91 Å². The molecule has 1 N–H and O–H groups in total. The number of amides is 2. The summed E-state index contributed by atoms with van der Waals surface area (Å²) >= 11 is 0. The molecule has 7 nitrogen and oxygen atoms in total. The van der Waals surface area contributed by atoms with Crippen LogP contribution in [-0.4, -0.2) is 50.4 Å². The number of rotatable bonds is 2. The molecule has 1 aromatic carbocycles. The summed E-state index contributed by atoms with van der Waals surface area (Å²) in [5.41, 5.74) is 2.27. The van der Waals surface area contributed by atoms with E-state index in [-0.39, 0.29) is 17.9 Å². The maximum absolute atomic E-state index is 12.8. The first kappa shape index (κ1) is 16.3. The van der Waals surface area contributed by atoms with Crippen molar-refractivity contribution in [1.82, 2.24) is 24.8 Å². The van der Waals surface area contributed by atoms with Crippen LogP contribution in [-0.2, 0) is 4.79 Å². The minimum Gasteiger partial charge on any atom is -0.354 e. The summed E-state index contributed by atoms with van der Waals surface area (Å²) in [6.07, 6.45) is 2.24. The van der Waals surface area contributed by atoms with Crippen molar-refractivity contribution in [2.75, 3.05) is 13.1 Å². The van der Waals surface area contributed by atoms with Crippen molar-refractivity contribution in [3.05, 3.63) is 54.2 Å². The Kier molecular flexibility index (Phi) is 4.12. The first-order chi connectivity index (χ1) is 12.6. The first-order valence-electron chi connectivity index (χ1n) is 8.61. The molecule has 1 aliphatic heterocycles. The summed E-state index contributed by atoms with van der Waals surface area (Å²) < 4.78 is 1.91. The van der Waals surface area contributed by atoms with E-state index in [1.165, 1.54) is 0 Å². The van der Waals surface area contributed by atoms with Crippen molar-refractivity contribution in [2.24, 2.45) is 0 Å². The second kappa shape index (κ2) is 6.59. The third-order valence-corrected chi connectivity index (χ3v) is 4.67. The Morgan fingerprint density at radius 3 is 2.77 bits per heavy atom. The van der Waals surface area contributed by atoms with E-state index >= 15 is 0 Å². The molecule has 3 heterocycles. The van der Waals surface area contributed by atoms with Gasteiger partial charge in [-0.05, 0) is 31.2 Å². The van der Waals surface area contributed by atoms with Crippen molar-refractivity contribution in [2.45, 2.75) is 19.4 Å². The van der Waals surface area contributed by atoms with Crippen LogP contribution in [0, 0.1) is 0 Å². The van der Waals surface area contributed by atoms with Gasteiger partial charge >= 0.3 is 0 Å². The summed E-state index contributed by atoms with van der Waals surface area (Å²) in [5, 5.41) is 11.2. The summed E-state index contributed by atoms with van der Waals surface area (Å²) in [6, 6.07) is 13.1. The van der Waals surface area contributed by atoms with Crippen LogP contribution in [0.3, 0.4) is 0 Å². The highest BCUT2D eigenvalue weighted by Gasteiger charge is 2.25. The fourth-order valence-electron chi connectivity index (χ4n) is 3.17. The molecule has 132 valence electrons. The number of carbonyl (C=O) groups excluding carboxylic acids is 2. The number of fused-ring (bicyclic) bond motifs is 1. The topological polar surface area (TPSA) is 79.6 Å². The predicted octanol–water partition coefficient (Wildman–Crippen LogP) is 1.75. The number of hydrogen-bond donors (Lipinski definition) is 1. The van der Waals surface area contributed by atoms with Crippen molar-refractivity contribution in [3.63, 3.8) is 0 Å². The molecule has 1 saturated heterocycles. The molecular weight excluding hydrogens is 330 g/mol. The SMILES string of the molecule is C[C@H]1CNC(=O)CCN1C(=O)c1ccc(-c2nnc3ccccn23)cc1. The molecule has 2 amide bonds. The van der Waals surface area contributed by atoms with Gasteiger partial charge in [-0.15, -0.1) is 10.2 Å². The number of nitrogens with zero attached hydrogens (tertiary/aromatic N) is 4. The van der Waals surface area contributed by atoms with Gasteiger partial charge in [0.1, 0.15) is 0 Å². The molecule has 4 rings (SSSR count). The van der Waals surface area contributed by atoms with E-state index in [0.717, 1.165) is 17.0 Å². The van der Waals surface area contributed by atoms with E-state index in [1.54, 1.807) is 17.0 Å². The summed E-state index contributed by atoms with van der Waals surface area (Å²) in [7, 11) is 0. The van der Waals surface area contributed by atoms with Gasteiger partial charge < -0.3 is 10.2 Å². The summed E-state index contributed by atoms with van der Waals surface area (Å²) in [5.74, 6) is 0.658. The van der Waals surface area contributed by atoms with Gasteiger partial charge in [0.05, 0.1) is 0 Å². The first-order valence-corrected chi connectivity index (χ1v) is 8.61. The molecule has 1 fully saturated rings. The average molecular weight is 349 g/mol. The molecule has 1 atom stereocenters. The van der Waals surface area contributed by atoms with Crippen LogP contribution in [0.4, 0.5) is 0 Å². The van der Waals surface area contributed by atoms with Gasteiger partial charge in [-0.2, -0.15) is 0 Å². The van der Waals surface area contributed by atoms with Crippen molar-refractivity contribution in [3.8, 4) is 11.4 Å². The molecule has 26 heavy (non-hydrogen) atoms. The fraction of sp³-hybridized carbons (Fsp3) is 0.263. The molecule has 0 spiro atoms. The van der Waals surface area contributed by atoms with Gasteiger partial charge in [-0.25, -0.2) is 0 Å². The molecule has 0 unspecified atom stereocenters. The lowest BCUT2D eigenvalue weighted by Crippen LogP contribution is -2.41. The Bertz CT molecular complexity index is 963. The van der Waals surface area contributed by atoms with Crippen LogP contribution in [0.25, 0.3) is 17.0 Å². The smallest absolute Gasteiger partial charge is 0.254 e. The van der Waals surface area contributed by atoms with Crippen LogP contribution < -0.4 is 5.32 Å². The molecular formula is C19H19N5O2. The lowest BCUT2D eigenvalue weighted by atomic mass is 10.1. The van der Waals surface area contributed by atoms with Crippen LogP contribution in [0.5, 0.6) is 0 Å². The van der Waals surface area contributed by atoms with E-state index in [2.05, 4.69) is 15.5 Å². The minimum atomic E-state index is -0.0633. The largest absolute Gasteiger partial charge is 0.354 e. The van der Waals surface area contributed by atoms with Gasteiger partial charge in [-0.1, -0.05) is 18.2 Å². The molecule has 0 aliphatic carbocycles. The van der Waals surface area contributed by atoms with Crippen LogP contribution in [0.15, 0.2) is 48.7 Å². The lowest BCUT2D eigenvalue weighted by molar-refractivity contribution is -0.120. The van der Waals surface area contributed by atoms with Gasteiger partial charge in [0.15, 0.2) is 11.5 Å². The fourth-order valence-corrected chi connectivity index (χ4v) is 3.17. The Balaban J connectivity index is 1.59.